The van der Waals surface area contributed by atoms with Crippen LogP contribution in [0.25, 0.3) is 0 Å². The molecule has 29 heavy (non-hydrogen) atoms. The van der Waals surface area contributed by atoms with Gasteiger partial charge in [-0.05, 0) is 55.0 Å². The highest BCUT2D eigenvalue weighted by atomic mass is 16.2. The third-order valence-corrected chi connectivity index (χ3v) is 5.47. The van der Waals surface area contributed by atoms with Gasteiger partial charge in [-0.3, -0.25) is 4.79 Å². The Labute approximate surface area is 171 Å². The molecular formula is C24H26N4O. The number of nitrogens with one attached hydrogen (secondary N) is 1. The molecule has 0 saturated carbocycles. The van der Waals surface area contributed by atoms with Crippen LogP contribution < -0.4 is 5.32 Å². The molecule has 1 N–H and O–H groups in total. The van der Waals surface area contributed by atoms with Crippen molar-refractivity contribution >= 4 is 17.5 Å². The van der Waals surface area contributed by atoms with Crippen molar-refractivity contribution in [3.05, 3.63) is 82.2 Å². The van der Waals surface area contributed by atoms with E-state index in [1.807, 2.05) is 17.9 Å². The first-order valence-corrected chi connectivity index (χ1v) is 10.1. The molecule has 0 radical (unpaired) electrons. The number of amides is 1. The number of nitrogens with zero attached hydrogens (tertiary/aromatic N) is 3. The number of aryl methyl sites for hydroxylation is 3. The molecule has 0 unspecified atom stereocenters. The standard InChI is InChI=1S/C24H26N4O/c1-4-18-11-7-8-16(2)22(18)27-24-25-17(3)14-21(26-24)23(29)28-13-12-19-9-5-6-10-20(19)15-28/h5-11,14H,4,12-13,15H2,1-3H3,(H,25,26,27). The van der Waals surface area contributed by atoms with Crippen LogP contribution in [0.2, 0.25) is 0 Å². The average Bonchev–Trinajstić information content (AvgIpc) is 2.74. The van der Waals surface area contributed by atoms with Gasteiger partial charge in [0.05, 0.1) is 0 Å². The molecule has 1 aliphatic rings. The zero-order valence-electron chi connectivity index (χ0n) is 17.2. The summed E-state index contributed by atoms with van der Waals surface area (Å²) < 4.78 is 0. The predicted octanol–water partition coefficient (Wildman–Crippen LogP) is 4.60. The lowest BCUT2D eigenvalue weighted by Gasteiger charge is -2.28. The van der Waals surface area contributed by atoms with Crippen molar-refractivity contribution in [3.63, 3.8) is 0 Å². The van der Waals surface area contributed by atoms with E-state index in [9.17, 15) is 4.79 Å². The van der Waals surface area contributed by atoms with E-state index in [4.69, 9.17) is 0 Å². The Hall–Kier alpha value is -3.21. The molecular weight excluding hydrogens is 360 g/mol. The second-order valence-corrected chi connectivity index (χ2v) is 7.55. The molecule has 0 atom stereocenters. The molecule has 4 rings (SSSR count). The first-order valence-electron chi connectivity index (χ1n) is 10.1. The molecule has 1 amide bonds. The fraction of sp³-hybridized carbons (Fsp3) is 0.292. The molecule has 0 saturated heterocycles. The van der Waals surface area contributed by atoms with Gasteiger partial charge in [0.15, 0.2) is 0 Å². The molecule has 5 nitrogen and oxygen atoms in total. The highest BCUT2D eigenvalue weighted by Gasteiger charge is 2.23. The third-order valence-electron chi connectivity index (χ3n) is 5.47. The minimum absolute atomic E-state index is 0.0476. The fourth-order valence-corrected chi connectivity index (χ4v) is 3.88. The lowest BCUT2D eigenvalue weighted by atomic mass is 10.00. The Morgan fingerprint density at radius 3 is 2.66 bits per heavy atom. The Bertz CT molecular complexity index is 1060. The highest BCUT2D eigenvalue weighted by Crippen LogP contribution is 2.25. The van der Waals surface area contributed by atoms with Crippen molar-refractivity contribution in [2.45, 2.75) is 40.2 Å². The van der Waals surface area contributed by atoms with Crippen molar-refractivity contribution in [2.24, 2.45) is 0 Å². The van der Waals surface area contributed by atoms with Gasteiger partial charge in [0.1, 0.15) is 5.69 Å². The van der Waals surface area contributed by atoms with Crippen LogP contribution in [0, 0.1) is 13.8 Å². The molecule has 3 aromatic rings. The number of benzene rings is 2. The minimum atomic E-state index is -0.0476. The van der Waals surface area contributed by atoms with Crippen LogP contribution >= 0.6 is 0 Å². The Balaban J connectivity index is 1.60. The lowest BCUT2D eigenvalue weighted by Crippen LogP contribution is -2.36. The fourth-order valence-electron chi connectivity index (χ4n) is 3.88. The van der Waals surface area contributed by atoms with Crippen LogP contribution in [0.5, 0.6) is 0 Å². The summed E-state index contributed by atoms with van der Waals surface area (Å²) in [5.41, 5.74) is 7.10. The van der Waals surface area contributed by atoms with Gasteiger partial charge >= 0.3 is 0 Å². The quantitative estimate of drug-likeness (QED) is 0.712. The third kappa shape index (κ3) is 3.99. The number of hydrogen-bond donors (Lipinski definition) is 1. The van der Waals surface area contributed by atoms with E-state index >= 15 is 0 Å². The zero-order valence-corrected chi connectivity index (χ0v) is 17.2. The highest BCUT2D eigenvalue weighted by molar-refractivity contribution is 5.93. The molecule has 2 heterocycles. The molecule has 0 spiro atoms. The number of hydrogen-bond acceptors (Lipinski definition) is 4. The first kappa shape index (κ1) is 19.1. The van der Waals surface area contributed by atoms with Crippen molar-refractivity contribution in [1.29, 1.82) is 0 Å². The maximum Gasteiger partial charge on any atom is 0.272 e. The molecule has 1 aliphatic heterocycles. The number of carbonyl (C=O) groups is 1. The van der Waals surface area contributed by atoms with Gasteiger partial charge in [-0.1, -0.05) is 49.4 Å². The van der Waals surface area contributed by atoms with Crippen LogP contribution in [-0.4, -0.2) is 27.3 Å². The molecule has 0 aliphatic carbocycles. The predicted molar refractivity (Wildman–Crippen MR) is 115 cm³/mol. The van der Waals surface area contributed by atoms with Crippen LogP contribution in [0.4, 0.5) is 11.6 Å². The van der Waals surface area contributed by atoms with Crippen molar-refractivity contribution in [2.75, 3.05) is 11.9 Å². The zero-order chi connectivity index (χ0) is 20.4. The van der Waals surface area contributed by atoms with Gasteiger partial charge in [-0.15, -0.1) is 0 Å². The summed E-state index contributed by atoms with van der Waals surface area (Å²) in [5.74, 6) is 0.420. The van der Waals surface area contributed by atoms with E-state index in [1.54, 1.807) is 6.07 Å². The molecule has 0 fully saturated rings. The summed E-state index contributed by atoms with van der Waals surface area (Å²) in [4.78, 5) is 24.1. The number of anilines is 2. The second kappa shape index (κ2) is 8.03. The largest absolute Gasteiger partial charge is 0.333 e. The Morgan fingerprint density at radius 1 is 1.07 bits per heavy atom. The Morgan fingerprint density at radius 2 is 1.86 bits per heavy atom. The average molecular weight is 386 g/mol. The van der Waals surface area contributed by atoms with Crippen LogP contribution in [0.1, 0.15) is 45.4 Å². The van der Waals surface area contributed by atoms with Crippen molar-refractivity contribution < 1.29 is 4.79 Å². The van der Waals surface area contributed by atoms with Gasteiger partial charge in [0.2, 0.25) is 5.95 Å². The summed E-state index contributed by atoms with van der Waals surface area (Å²) >= 11 is 0. The number of para-hydroxylation sites is 1. The maximum absolute atomic E-state index is 13.2. The molecule has 0 bridgehead atoms. The van der Waals surface area contributed by atoms with E-state index in [1.165, 1.54) is 16.7 Å². The molecule has 1 aromatic heterocycles. The second-order valence-electron chi connectivity index (χ2n) is 7.55. The summed E-state index contributed by atoms with van der Waals surface area (Å²) in [6, 6.07) is 16.3. The van der Waals surface area contributed by atoms with E-state index in [0.717, 1.165) is 29.8 Å². The van der Waals surface area contributed by atoms with E-state index < -0.39 is 0 Å². The Kier molecular flexibility index (Phi) is 5.30. The van der Waals surface area contributed by atoms with Gasteiger partial charge < -0.3 is 10.2 Å². The van der Waals surface area contributed by atoms with Gasteiger partial charge in [-0.2, -0.15) is 0 Å². The van der Waals surface area contributed by atoms with Gasteiger partial charge in [0.25, 0.3) is 5.91 Å². The summed E-state index contributed by atoms with van der Waals surface area (Å²) in [6.07, 6.45) is 1.79. The molecule has 5 heteroatoms. The van der Waals surface area contributed by atoms with Crippen LogP contribution in [0.15, 0.2) is 48.5 Å². The normalized spacial score (nSPS) is 13.1. The van der Waals surface area contributed by atoms with Crippen LogP contribution in [-0.2, 0) is 19.4 Å². The van der Waals surface area contributed by atoms with Gasteiger partial charge in [0, 0.05) is 24.5 Å². The summed E-state index contributed by atoms with van der Waals surface area (Å²) in [6.45, 7) is 7.42. The number of aromatic nitrogens is 2. The number of fused-ring (bicyclic) bond motifs is 1. The number of carbonyl (C=O) groups excluding carboxylic acids is 1. The van der Waals surface area contributed by atoms with E-state index in [0.29, 0.717) is 24.7 Å². The molecule has 148 valence electrons. The smallest absolute Gasteiger partial charge is 0.272 e. The monoisotopic (exact) mass is 386 g/mol. The topological polar surface area (TPSA) is 58.1 Å². The minimum Gasteiger partial charge on any atom is -0.333 e. The van der Waals surface area contributed by atoms with Gasteiger partial charge in [-0.25, -0.2) is 9.97 Å². The molecule has 2 aromatic carbocycles. The maximum atomic E-state index is 13.2. The van der Waals surface area contributed by atoms with Crippen LogP contribution in [0.3, 0.4) is 0 Å². The van der Waals surface area contributed by atoms with Crippen molar-refractivity contribution in [3.8, 4) is 0 Å². The SMILES string of the molecule is CCc1cccc(C)c1Nc1nc(C)cc(C(=O)N2CCc3ccccc3C2)n1. The lowest BCUT2D eigenvalue weighted by molar-refractivity contribution is 0.0728. The number of rotatable bonds is 4. The first-order chi connectivity index (χ1) is 14.0. The van der Waals surface area contributed by atoms with Crippen molar-refractivity contribution in [1.82, 2.24) is 14.9 Å². The summed E-state index contributed by atoms with van der Waals surface area (Å²) in [5, 5.41) is 3.35. The van der Waals surface area contributed by atoms with E-state index in [-0.39, 0.29) is 5.91 Å². The summed E-state index contributed by atoms with van der Waals surface area (Å²) in [7, 11) is 0. The van der Waals surface area contributed by atoms with E-state index in [2.05, 4.69) is 65.5 Å².